The molecule has 3 rings (SSSR count). The number of amides is 1. The van der Waals surface area contributed by atoms with Gasteiger partial charge < -0.3 is 21.1 Å². The molecule has 6 nitrogen and oxygen atoms in total. The van der Waals surface area contributed by atoms with E-state index in [0.29, 0.717) is 25.7 Å². The van der Waals surface area contributed by atoms with Crippen molar-refractivity contribution in [1.29, 1.82) is 0 Å². The van der Waals surface area contributed by atoms with Crippen molar-refractivity contribution in [1.82, 2.24) is 10.6 Å². The summed E-state index contributed by atoms with van der Waals surface area (Å²) in [6.45, 7) is 3.69. The minimum atomic E-state index is -0.365. The van der Waals surface area contributed by atoms with E-state index in [4.69, 9.17) is 10.5 Å². The lowest BCUT2D eigenvalue weighted by atomic mass is 9.68. The lowest BCUT2D eigenvalue weighted by Gasteiger charge is -2.39. The number of hydrogen-bond donors (Lipinski definition) is 3. The van der Waals surface area contributed by atoms with Gasteiger partial charge in [-0.2, -0.15) is 0 Å². The highest BCUT2D eigenvalue weighted by molar-refractivity contribution is 14.0. The van der Waals surface area contributed by atoms with Crippen LogP contribution in [-0.4, -0.2) is 31.6 Å². The first-order valence-electron chi connectivity index (χ1n) is 8.71. The van der Waals surface area contributed by atoms with Crippen molar-refractivity contribution in [3.05, 3.63) is 29.8 Å². The van der Waals surface area contributed by atoms with Crippen LogP contribution in [0.25, 0.3) is 0 Å². The highest BCUT2D eigenvalue weighted by atomic mass is 127. The van der Waals surface area contributed by atoms with Crippen LogP contribution in [0.5, 0.6) is 5.75 Å². The quantitative estimate of drug-likeness (QED) is 0.359. The second-order valence-corrected chi connectivity index (χ2v) is 6.57. The SMILES string of the molecule is CCNC(=O)C1(CN=C(N)NC2CCOc3ccccc32)CCC1.I. The summed E-state index contributed by atoms with van der Waals surface area (Å²) in [7, 11) is 0. The van der Waals surface area contributed by atoms with Crippen molar-refractivity contribution in [2.24, 2.45) is 16.1 Å². The molecule has 1 heterocycles. The third-order valence-corrected chi connectivity index (χ3v) is 4.96. The molecule has 25 heavy (non-hydrogen) atoms. The number of nitrogens with one attached hydrogen (secondary N) is 2. The molecule has 1 aliphatic heterocycles. The van der Waals surface area contributed by atoms with Gasteiger partial charge >= 0.3 is 0 Å². The van der Waals surface area contributed by atoms with Gasteiger partial charge in [-0.15, -0.1) is 24.0 Å². The number of guanidine groups is 1. The number of rotatable bonds is 5. The lowest BCUT2D eigenvalue weighted by Crippen LogP contribution is -2.48. The van der Waals surface area contributed by atoms with Crippen LogP contribution >= 0.6 is 24.0 Å². The Hall–Kier alpha value is -1.51. The average Bonchev–Trinajstić information content (AvgIpc) is 2.54. The second kappa shape index (κ2) is 8.73. The van der Waals surface area contributed by atoms with Crippen molar-refractivity contribution >= 4 is 35.8 Å². The third kappa shape index (κ3) is 4.37. The van der Waals surface area contributed by atoms with E-state index < -0.39 is 0 Å². The molecule has 1 unspecified atom stereocenters. The summed E-state index contributed by atoms with van der Waals surface area (Å²) in [4.78, 5) is 16.7. The monoisotopic (exact) mass is 458 g/mol. The minimum absolute atomic E-state index is 0. The Kier molecular flexibility index (Phi) is 6.92. The smallest absolute Gasteiger partial charge is 0.228 e. The Bertz CT molecular complexity index is 631. The predicted octanol–water partition coefficient (Wildman–Crippen LogP) is 2.34. The normalized spacial score (nSPS) is 21.0. The van der Waals surface area contributed by atoms with E-state index in [-0.39, 0.29) is 41.3 Å². The van der Waals surface area contributed by atoms with Crippen LogP contribution < -0.4 is 21.1 Å². The van der Waals surface area contributed by atoms with Crippen molar-refractivity contribution in [3.8, 4) is 5.75 Å². The molecule has 138 valence electrons. The third-order valence-electron chi connectivity index (χ3n) is 4.96. The number of ether oxygens (including phenoxy) is 1. The van der Waals surface area contributed by atoms with Gasteiger partial charge in [0.1, 0.15) is 5.75 Å². The molecular formula is C18H27IN4O2. The van der Waals surface area contributed by atoms with Gasteiger partial charge in [0, 0.05) is 18.5 Å². The Labute approximate surface area is 166 Å². The van der Waals surface area contributed by atoms with Crippen molar-refractivity contribution < 1.29 is 9.53 Å². The summed E-state index contributed by atoms with van der Waals surface area (Å²) in [6, 6.07) is 8.07. The van der Waals surface area contributed by atoms with E-state index in [0.717, 1.165) is 37.0 Å². The number of fused-ring (bicyclic) bond motifs is 1. The Balaban J connectivity index is 0.00000225. The molecule has 7 heteroatoms. The van der Waals surface area contributed by atoms with Gasteiger partial charge in [-0.3, -0.25) is 9.79 Å². The van der Waals surface area contributed by atoms with Crippen LogP contribution in [0, 0.1) is 5.41 Å². The first-order valence-corrected chi connectivity index (χ1v) is 8.71. The molecule has 1 aliphatic carbocycles. The van der Waals surface area contributed by atoms with Crippen LogP contribution in [0.2, 0.25) is 0 Å². The number of nitrogens with zero attached hydrogens (tertiary/aromatic N) is 1. The van der Waals surface area contributed by atoms with E-state index in [1.54, 1.807) is 0 Å². The van der Waals surface area contributed by atoms with E-state index in [1.807, 2.05) is 31.2 Å². The number of carbonyl (C=O) groups excluding carboxylic acids is 1. The largest absolute Gasteiger partial charge is 0.493 e. The van der Waals surface area contributed by atoms with E-state index in [9.17, 15) is 4.79 Å². The molecule has 1 saturated carbocycles. The number of nitrogens with two attached hydrogens (primary N) is 1. The Morgan fingerprint density at radius 3 is 2.84 bits per heavy atom. The number of halogens is 1. The number of para-hydroxylation sites is 1. The molecule has 2 aliphatic rings. The molecule has 1 aromatic carbocycles. The molecule has 0 saturated heterocycles. The van der Waals surface area contributed by atoms with Gasteiger partial charge in [-0.05, 0) is 25.8 Å². The zero-order chi connectivity index (χ0) is 17.0. The number of benzene rings is 1. The van der Waals surface area contributed by atoms with Gasteiger partial charge in [0.05, 0.1) is 24.6 Å². The van der Waals surface area contributed by atoms with E-state index in [1.165, 1.54) is 0 Å². The topological polar surface area (TPSA) is 88.7 Å². The van der Waals surface area contributed by atoms with Gasteiger partial charge in [0.2, 0.25) is 5.91 Å². The van der Waals surface area contributed by atoms with E-state index in [2.05, 4.69) is 15.6 Å². The molecule has 1 amide bonds. The molecule has 1 atom stereocenters. The van der Waals surface area contributed by atoms with Gasteiger partial charge in [-0.25, -0.2) is 0 Å². The Morgan fingerprint density at radius 1 is 1.40 bits per heavy atom. The number of aliphatic imine (C=N–C) groups is 1. The van der Waals surface area contributed by atoms with Crippen LogP contribution in [0.15, 0.2) is 29.3 Å². The van der Waals surface area contributed by atoms with Crippen LogP contribution in [0.4, 0.5) is 0 Å². The van der Waals surface area contributed by atoms with E-state index >= 15 is 0 Å². The first kappa shape index (κ1) is 19.8. The fourth-order valence-corrected chi connectivity index (χ4v) is 3.36. The standard InChI is InChI=1S/C18H26N4O2.HI/c1-2-20-16(23)18(9-5-10-18)12-21-17(19)22-14-8-11-24-15-7-4-3-6-13(14)15;/h3-4,6-7,14H,2,5,8-12H2,1H3,(H,20,23)(H3,19,21,22);1H. The van der Waals surface area contributed by atoms with Crippen molar-refractivity contribution in [2.75, 3.05) is 19.7 Å². The average molecular weight is 458 g/mol. The molecule has 0 aromatic heterocycles. The maximum atomic E-state index is 12.3. The van der Waals surface area contributed by atoms with Crippen molar-refractivity contribution in [2.45, 2.75) is 38.6 Å². The van der Waals surface area contributed by atoms with Crippen LogP contribution in [-0.2, 0) is 4.79 Å². The fourth-order valence-electron chi connectivity index (χ4n) is 3.36. The first-order chi connectivity index (χ1) is 11.6. The Morgan fingerprint density at radius 2 is 2.16 bits per heavy atom. The van der Waals surface area contributed by atoms with Crippen LogP contribution in [0.3, 0.4) is 0 Å². The molecular weight excluding hydrogens is 431 g/mol. The number of hydrogen-bond acceptors (Lipinski definition) is 3. The molecule has 0 spiro atoms. The zero-order valence-electron chi connectivity index (χ0n) is 14.6. The maximum Gasteiger partial charge on any atom is 0.228 e. The van der Waals surface area contributed by atoms with Gasteiger partial charge in [0.25, 0.3) is 0 Å². The fraction of sp³-hybridized carbons (Fsp3) is 0.556. The van der Waals surface area contributed by atoms with Gasteiger partial charge in [-0.1, -0.05) is 24.6 Å². The summed E-state index contributed by atoms with van der Waals surface area (Å²) < 4.78 is 5.66. The summed E-state index contributed by atoms with van der Waals surface area (Å²) in [5.74, 6) is 1.39. The summed E-state index contributed by atoms with van der Waals surface area (Å²) in [5.41, 5.74) is 6.82. The van der Waals surface area contributed by atoms with Crippen LogP contribution in [0.1, 0.15) is 44.2 Å². The lowest BCUT2D eigenvalue weighted by molar-refractivity contribution is -0.135. The minimum Gasteiger partial charge on any atom is -0.493 e. The summed E-state index contributed by atoms with van der Waals surface area (Å²) in [5, 5.41) is 6.20. The second-order valence-electron chi connectivity index (χ2n) is 6.57. The summed E-state index contributed by atoms with van der Waals surface area (Å²) >= 11 is 0. The maximum absolute atomic E-state index is 12.3. The highest BCUT2D eigenvalue weighted by Crippen LogP contribution is 2.41. The zero-order valence-corrected chi connectivity index (χ0v) is 16.9. The molecule has 1 fully saturated rings. The molecule has 4 N–H and O–H groups in total. The molecule has 0 bridgehead atoms. The highest BCUT2D eigenvalue weighted by Gasteiger charge is 2.43. The molecule has 0 radical (unpaired) electrons. The summed E-state index contributed by atoms with van der Waals surface area (Å²) in [6.07, 6.45) is 3.69. The van der Waals surface area contributed by atoms with Gasteiger partial charge in [0.15, 0.2) is 5.96 Å². The van der Waals surface area contributed by atoms with Crippen molar-refractivity contribution in [3.63, 3.8) is 0 Å². The number of carbonyl (C=O) groups is 1. The molecule has 1 aromatic rings. The predicted molar refractivity (Wildman–Crippen MR) is 109 cm³/mol.